The molecule has 0 fully saturated rings. The van der Waals surface area contributed by atoms with Crippen molar-refractivity contribution >= 4 is 0 Å². The minimum atomic E-state index is 0.423. The minimum Gasteiger partial charge on any atom is -0.310 e. The fourth-order valence-electron chi connectivity index (χ4n) is 3.20. The Balaban J connectivity index is 1.99. The monoisotopic (exact) mass is 281 g/mol. The second-order valence-corrected chi connectivity index (χ2v) is 5.92. The molecule has 3 nitrogen and oxygen atoms in total. The first-order valence-corrected chi connectivity index (χ1v) is 7.86. The number of aromatic nitrogens is 2. The van der Waals surface area contributed by atoms with Crippen molar-refractivity contribution in [2.45, 2.75) is 46.1 Å². The van der Waals surface area contributed by atoms with Gasteiger partial charge in [-0.1, -0.05) is 30.7 Å². The highest BCUT2D eigenvalue weighted by Gasteiger charge is 2.21. The van der Waals surface area contributed by atoms with Gasteiger partial charge < -0.3 is 5.32 Å². The number of benzene rings is 1. The number of hydrogen-bond donors (Lipinski definition) is 1. The summed E-state index contributed by atoms with van der Waals surface area (Å²) in [7, 11) is 0. The van der Waals surface area contributed by atoms with Crippen LogP contribution < -0.4 is 5.32 Å². The van der Waals surface area contributed by atoms with Gasteiger partial charge in [0.25, 0.3) is 0 Å². The Bertz CT molecular complexity index is 649. The van der Waals surface area contributed by atoms with E-state index in [4.69, 9.17) is 4.98 Å². The number of hydrogen-bond acceptors (Lipinski definition) is 3. The molecule has 1 N–H and O–H groups in total. The van der Waals surface area contributed by atoms with Crippen LogP contribution in [0.4, 0.5) is 0 Å². The summed E-state index contributed by atoms with van der Waals surface area (Å²) >= 11 is 0. The third kappa shape index (κ3) is 2.84. The van der Waals surface area contributed by atoms with Crippen molar-refractivity contribution in [1.29, 1.82) is 0 Å². The average molecular weight is 281 g/mol. The Labute approximate surface area is 126 Å². The molecule has 110 valence electrons. The van der Waals surface area contributed by atoms with Gasteiger partial charge in [0, 0.05) is 29.1 Å². The zero-order valence-electron chi connectivity index (χ0n) is 13.1. The van der Waals surface area contributed by atoms with Crippen LogP contribution in [0.1, 0.15) is 48.2 Å². The first-order chi connectivity index (χ1) is 10.2. The molecule has 1 heterocycles. The molecule has 1 unspecified atom stereocenters. The lowest BCUT2D eigenvalue weighted by Gasteiger charge is -2.25. The second kappa shape index (κ2) is 5.94. The largest absolute Gasteiger partial charge is 0.310 e. The van der Waals surface area contributed by atoms with E-state index in [0.29, 0.717) is 6.04 Å². The molecule has 0 radical (unpaired) electrons. The molecular weight excluding hydrogens is 258 g/mol. The molecule has 1 aliphatic rings. The van der Waals surface area contributed by atoms with Crippen LogP contribution in [0.5, 0.6) is 0 Å². The highest BCUT2D eigenvalue weighted by molar-refractivity contribution is 5.60. The number of fused-ring (bicyclic) bond motifs is 1. The molecule has 0 bridgehead atoms. The summed E-state index contributed by atoms with van der Waals surface area (Å²) in [5.74, 6) is 0.864. The molecule has 0 amide bonds. The van der Waals surface area contributed by atoms with Crippen molar-refractivity contribution in [3.63, 3.8) is 0 Å². The summed E-state index contributed by atoms with van der Waals surface area (Å²) in [5.41, 5.74) is 6.18. The van der Waals surface area contributed by atoms with Gasteiger partial charge in [-0.15, -0.1) is 0 Å². The van der Waals surface area contributed by atoms with Gasteiger partial charge in [-0.25, -0.2) is 9.97 Å². The Morgan fingerprint density at radius 2 is 2.14 bits per heavy atom. The van der Waals surface area contributed by atoms with E-state index in [1.165, 1.54) is 35.2 Å². The lowest BCUT2D eigenvalue weighted by atomic mass is 9.92. The maximum Gasteiger partial charge on any atom is 0.159 e. The first kappa shape index (κ1) is 14.2. The SMILES string of the molecule is CCNC1CCCc2nc(-c3ccc(C)cc3C)ncc21. The Morgan fingerprint density at radius 3 is 2.90 bits per heavy atom. The van der Waals surface area contributed by atoms with Gasteiger partial charge in [-0.05, 0) is 45.2 Å². The molecule has 0 aliphatic heterocycles. The Kier molecular flexibility index (Phi) is 4.02. The molecule has 1 aromatic heterocycles. The fourth-order valence-corrected chi connectivity index (χ4v) is 3.20. The van der Waals surface area contributed by atoms with Crippen molar-refractivity contribution in [3.05, 3.63) is 46.8 Å². The van der Waals surface area contributed by atoms with Gasteiger partial charge in [-0.2, -0.15) is 0 Å². The van der Waals surface area contributed by atoms with Gasteiger partial charge in [0.05, 0.1) is 0 Å². The molecule has 2 aromatic rings. The molecular formula is C18H23N3. The van der Waals surface area contributed by atoms with Crippen molar-refractivity contribution in [2.24, 2.45) is 0 Å². The summed E-state index contributed by atoms with van der Waals surface area (Å²) in [5, 5.41) is 3.54. The minimum absolute atomic E-state index is 0.423. The zero-order chi connectivity index (χ0) is 14.8. The first-order valence-electron chi connectivity index (χ1n) is 7.86. The van der Waals surface area contributed by atoms with E-state index in [0.717, 1.165) is 24.4 Å². The number of nitrogens with one attached hydrogen (secondary N) is 1. The number of nitrogens with zero attached hydrogens (tertiary/aromatic N) is 2. The average Bonchev–Trinajstić information content (AvgIpc) is 2.47. The second-order valence-electron chi connectivity index (χ2n) is 5.92. The predicted molar refractivity (Wildman–Crippen MR) is 86.3 cm³/mol. The molecule has 1 aromatic carbocycles. The molecule has 1 atom stereocenters. The van der Waals surface area contributed by atoms with E-state index in [-0.39, 0.29) is 0 Å². The number of aryl methyl sites for hydroxylation is 3. The summed E-state index contributed by atoms with van der Waals surface area (Å²) in [4.78, 5) is 9.49. The molecule has 0 saturated carbocycles. The quantitative estimate of drug-likeness (QED) is 0.931. The topological polar surface area (TPSA) is 37.8 Å². The van der Waals surface area contributed by atoms with Crippen LogP contribution >= 0.6 is 0 Å². The molecule has 21 heavy (non-hydrogen) atoms. The molecule has 3 heteroatoms. The summed E-state index contributed by atoms with van der Waals surface area (Å²) in [6, 6.07) is 6.88. The standard InChI is InChI=1S/C18H23N3/c1-4-19-16-6-5-7-17-15(16)11-20-18(21-17)14-9-8-12(2)10-13(14)3/h8-11,16,19H,4-7H2,1-3H3. The number of rotatable bonds is 3. The van der Waals surface area contributed by atoms with E-state index >= 15 is 0 Å². The van der Waals surface area contributed by atoms with Crippen molar-refractivity contribution < 1.29 is 0 Å². The third-order valence-electron chi connectivity index (χ3n) is 4.26. The molecule has 0 saturated heterocycles. The molecule has 0 spiro atoms. The van der Waals surface area contributed by atoms with Crippen molar-refractivity contribution in [2.75, 3.05) is 6.54 Å². The van der Waals surface area contributed by atoms with Gasteiger partial charge in [0.15, 0.2) is 5.82 Å². The Hall–Kier alpha value is -1.74. The van der Waals surface area contributed by atoms with E-state index in [1.807, 2.05) is 6.20 Å². The summed E-state index contributed by atoms with van der Waals surface area (Å²) in [6.07, 6.45) is 5.49. The fraction of sp³-hybridized carbons (Fsp3) is 0.444. The zero-order valence-corrected chi connectivity index (χ0v) is 13.1. The summed E-state index contributed by atoms with van der Waals surface area (Å²) < 4.78 is 0. The van der Waals surface area contributed by atoms with E-state index < -0.39 is 0 Å². The smallest absolute Gasteiger partial charge is 0.159 e. The highest BCUT2D eigenvalue weighted by atomic mass is 14.9. The predicted octanol–water partition coefficient (Wildman–Crippen LogP) is 3.75. The van der Waals surface area contributed by atoms with E-state index in [2.05, 4.69) is 49.3 Å². The van der Waals surface area contributed by atoms with Crippen LogP contribution in [0.2, 0.25) is 0 Å². The van der Waals surface area contributed by atoms with Gasteiger partial charge in [0.2, 0.25) is 0 Å². The van der Waals surface area contributed by atoms with E-state index in [9.17, 15) is 0 Å². The summed E-state index contributed by atoms with van der Waals surface area (Å²) in [6.45, 7) is 7.39. The van der Waals surface area contributed by atoms with Gasteiger partial charge in [0.1, 0.15) is 0 Å². The Morgan fingerprint density at radius 1 is 1.29 bits per heavy atom. The normalized spacial score (nSPS) is 17.6. The lowest BCUT2D eigenvalue weighted by molar-refractivity contribution is 0.464. The van der Waals surface area contributed by atoms with Crippen LogP contribution in [0.3, 0.4) is 0 Å². The highest BCUT2D eigenvalue weighted by Crippen LogP contribution is 2.30. The lowest BCUT2D eigenvalue weighted by Crippen LogP contribution is -2.25. The van der Waals surface area contributed by atoms with Gasteiger partial charge in [-0.3, -0.25) is 0 Å². The van der Waals surface area contributed by atoms with Crippen molar-refractivity contribution in [3.8, 4) is 11.4 Å². The maximum absolute atomic E-state index is 4.86. The van der Waals surface area contributed by atoms with Crippen LogP contribution in [0.25, 0.3) is 11.4 Å². The van der Waals surface area contributed by atoms with Crippen molar-refractivity contribution in [1.82, 2.24) is 15.3 Å². The van der Waals surface area contributed by atoms with Crippen LogP contribution in [-0.2, 0) is 6.42 Å². The van der Waals surface area contributed by atoms with Crippen LogP contribution in [0, 0.1) is 13.8 Å². The molecule has 3 rings (SSSR count). The maximum atomic E-state index is 4.86. The van der Waals surface area contributed by atoms with Crippen LogP contribution in [0.15, 0.2) is 24.4 Å². The molecule has 1 aliphatic carbocycles. The van der Waals surface area contributed by atoms with E-state index in [1.54, 1.807) is 0 Å². The van der Waals surface area contributed by atoms with Crippen LogP contribution in [-0.4, -0.2) is 16.5 Å². The third-order valence-corrected chi connectivity index (χ3v) is 4.26. The van der Waals surface area contributed by atoms with Gasteiger partial charge >= 0.3 is 0 Å².